The standard InChI is InChI=1S/C17H17NO4S/c1-11-7-8-13(9-15(11)17(19)20)23(21,22)18-10-12(2)14-5-3-4-6-16(14)18/h3-9,12H,10H2,1-2H3,(H,19,20). The van der Waals surface area contributed by atoms with Gasteiger partial charge < -0.3 is 5.11 Å². The minimum absolute atomic E-state index is 0.00408. The van der Waals surface area contributed by atoms with Gasteiger partial charge in [0.1, 0.15) is 0 Å². The fourth-order valence-corrected chi connectivity index (χ4v) is 4.53. The molecule has 0 saturated heterocycles. The Morgan fingerprint density at radius 3 is 2.61 bits per heavy atom. The van der Waals surface area contributed by atoms with Crippen molar-refractivity contribution >= 4 is 21.7 Å². The zero-order valence-corrected chi connectivity index (χ0v) is 13.7. The van der Waals surface area contributed by atoms with Crippen LogP contribution >= 0.6 is 0 Å². The van der Waals surface area contributed by atoms with Gasteiger partial charge in [0.05, 0.1) is 16.1 Å². The molecule has 1 atom stereocenters. The molecule has 3 rings (SSSR count). The van der Waals surface area contributed by atoms with Crippen molar-refractivity contribution in [2.45, 2.75) is 24.7 Å². The van der Waals surface area contributed by atoms with Crippen molar-refractivity contribution in [3.63, 3.8) is 0 Å². The summed E-state index contributed by atoms with van der Waals surface area (Å²) in [6.07, 6.45) is 0. The van der Waals surface area contributed by atoms with Crippen LogP contribution in [0.15, 0.2) is 47.4 Å². The summed E-state index contributed by atoms with van der Waals surface area (Å²) in [5, 5.41) is 9.21. The van der Waals surface area contributed by atoms with E-state index in [1.165, 1.54) is 22.5 Å². The van der Waals surface area contributed by atoms with E-state index in [0.717, 1.165) is 5.56 Å². The average Bonchev–Trinajstić information content (AvgIpc) is 2.85. The summed E-state index contributed by atoms with van der Waals surface area (Å²) in [5.74, 6) is -1.03. The number of benzene rings is 2. The van der Waals surface area contributed by atoms with Crippen LogP contribution in [0.3, 0.4) is 0 Å². The Morgan fingerprint density at radius 1 is 1.22 bits per heavy atom. The molecule has 2 aromatic carbocycles. The van der Waals surface area contributed by atoms with Crippen LogP contribution in [0.1, 0.15) is 34.3 Å². The van der Waals surface area contributed by atoms with Crippen LogP contribution in [-0.4, -0.2) is 26.0 Å². The van der Waals surface area contributed by atoms with Crippen LogP contribution in [-0.2, 0) is 10.0 Å². The van der Waals surface area contributed by atoms with Crippen LogP contribution < -0.4 is 4.31 Å². The Morgan fingerprint density at radius 2 is 1.91 bits per heavy atom. The zero-order valence-electron chi connectivity index (χ0n) is 12.9. The molecule has 2 aromatic rings. The third-order valence-corrected chi connectivity index (χ3v) is 5.98. The molecule has 1 unspecified atom stereocenters. The van der Waals surface area contributed by atoms with Gasteiger partial charge in [0, 0.05) is 12.5 Å². The molecule has 5 nitrogen and oxygen atoms in total. The number of nitrogens with zero attached hydrogens (tertiary/aromatic N) is 1. The van der Waals surface area contributed by atoms with Crippen molar-refractivity contribution in [1.29, 1.82) is 0 Å². The SMILES string of the molecule is Cc1ccc(S(=O)(=O)N2CC(C)c3ccccc32)cc1C(=O)O. The number of sulfonamides is 1. The molecule has 6 heteroatoms. The number of rotatable bonds is 3. The second-order valence-electron chi connectivity index (χ2n) is 5.78. The maximum atomic E-state index is 13.0. The summed E-state index contributed by atoms with van der Waals surface area (Å²) < 4.78 is 27.3. The lowest BCUT2D eigenvalue weighted by Gasteiger charge is -2.20. The van der Waals surface area contributed by atoms with E-state index < -0.39 is 16.0 Å². The normalized spacial score (nSPS) is 17.1. The van der Waals surface area contributed by atoms with Gasteiger partial charge in [-0.15, -0.1) is 0 Å². The predicted molar refractivity (Wildman–Crippen MR) is 87.5 cm³/mol. The fraction of sp³-hybridized carbons (Fsp3) is 0.235. The number of aromatic carboxylic acids is 1. The first-order valence-corrected chi connectivity index (χ1v) is 8.72. The molecular formula is C17H17NO4S. The van der Waals surface area contributed by atoms with E-state index in [4.69, 9.17) is 0 Å². The lowest BCUT2D eigenvalue weighted by atomic mass is 10.0. The molecule has 120 valence electrons. The lowest BCUT2D eigenvalue weighted by Crippen LogP contribution is -2.29. The quantitative estimate of drug-likeness (QED) is 0.938. The van der Waals surface area contributed by atoms with Crippen molar-refractivity contribution in [2.75, 3.05) is 10.8 Å². The second-order valence-corrected chi connectivity index (χ2v) is 7.64. The van der Waals surface area contributed by atoms with Gasteiger partial charge in [0.25, 0.3) is 10.0 Å². The molecule has 0 aromatic heterocycles. The number of hydrogen-bond donors (Lipinski definition) is 1. The molecule has 0 fully saturated rings. The molecule has 0 spiro atoms. The van der Waals surface area contributed by atoms with Gasteiger partial charge in [0.2, 0.25) is 0 Å². The smallest absolute Gasteiger partial charge is 0.335 e. The summed E-state index contributed by atoms with van der Waals surface area (Å²) in [5.41, 5.74) is 2.19. The molecule has 0 saturated carbocycles. The van der Waals surface area contributed by atoms with Gasteiger partial charge in [-0.1, -0.05) is 31.2 Å². The van der Waals surface area contributed by atoms with E-state index >= 15 is 0 Å². The molecule has 0 amide bonds. The Labute approximate surface area is 135 Å². The van der Waals surface area contributed by atoms with E-state index in [1.807, 2.05) is 19.1 Å². The predicted octanol–water partition coefficient (Wildman–Crippen LogP) is 3.01. The number of para-hydroxylation sites is 1. The maximum Gasteiger partial charge on any atom is 0.335 e. The van der Waals surface area contributed by atoms with Gasteiger partial charge in [-0.25, -0.2) is 13.2 Å². The van der Waals surface area contributed by atoms with E-state index in [1.54, 1.807) is 19.1 Å². The molecular weight excluding hydrogens is 314 g/mol. The summed E-state index contributed by atoms with van der Waals surface area (Å²) in [7, 11) is -3.79. The van der Waals surface area contributed by atoms with Crippen LogP contribution in [0.2, 0.25) is 0 Å². The molecule has 0 radical (unpaired) electrons. The molecule has 1 aliphatic heterocycles. The molecule has 1 N–H and O–H groups in total. The van der Waals surface area contributed by atoms with Crippen molar-refractivity contribution in [2.24, 2.45) is 0 Å². The summed E-state index contributed by atoms with van der Waals surface area (Å²) >= 11 is 0. The van der Waals surface area contributed by atoms with Gasteiger partial charge in [-0.3, -0.25) is 4.31 Å². The number of hydrogen-bond acceptors (Lipinski definition) is 3. The summed E-state index contributed by atoms with van der Waals surface area (Å²) in [4.78, 5) is 11.3. The highest BCUT2D eigenvalue weighted by atomic mass is 32.2. The first-order valence-electron chi connectivity index (χ1n) is 7.28. The largest absolute Gasteiger partial charge is 0.478 e. The van der Waals surface area contributed by atoms with Gasteiger partial charge in [-0.2, -0.15) is 0 Å². The number of anilines is 1. The molecule has 0 bridgehead atoms. The third kappa shape index (κ3) is 2.49. The first kappa shape index (κ1) is 15.6. The molecule has 1 aliphatic rings. The van der Waals surface area contributed by atoms with E-state index in [-0.39, 0.29) is 16.4 Å². The van der Waals surface area contributed by atoms with Crippen molar-refractivity contribution in [1.82, 2.24) is 0 Å². The van der Waals surface area contributed by atoms with Crippen LogP contribution in [0.25, 0.3) is 0 Å². The fourth-order valence-electron chi connectivity index (χ4n) is 2.92. The van der Waals surface area contributed by atoms with Crippen molar-refractivity contribution in [3.05, 3.63) is 59.2 Å². The van der Waals surface area contributed by atoms with E-state index in [2.05, 4.69) is 0 Å². The Balaban J connectivity index is 2.11. The number of fused-ring (bicyclic) bond motifs is 1. The number of carbonyl (C=O) groups is 1. The minimum atomic E-state index is -3.79. The van der Waals surface area contributed by atoms with Crippen molar-refractivity contribution < 1.29 is 18.3 Å². The Bertz CT molecular complexity index is 889. The summed E-state index contributed by atoms with van der Waals surface area (Å²) in [6, 6.07) is 11.6. The Hall–Kier alpha value is -2.34. The third-order valence-electron chi connectivity index (χ3n) is 4.20. The zero-order chi connectivity index (χ0) is 16.8. The second kappa shape index (κ2) is 5.38. The highest BCUT2D eigenvalue weighted by Gasteiger charge is 2.34. The number of carboxylic acid groups (broad SMARTS) is 1. The minimum Gasteiger partial charge on any atom is -0.478 e. The van der Waals surface area contributed by atoms with Crippen LogP contribution in [0.5, 0.6) is 0 Å². The van der Waals surface area contributed by atoms with Crippen molar-refractivity contribution in [3.8, 4) is 0 Å². The topological polar surface area (TPSA) is 74.7 Å². The highest BCUT2D eigenvalue weighted by Crippen LogP contribution is 2.39. The summed E-state index contributed by atoms with van der Waals surface area (Å²) in [6.45, 7) is 3.98. The highest BCUT2D eigenvalue weighted by molar-refractivity contribution is 7.92. The maximum absolute atomic E-state index is 13.0. The van der Waals surface area contributed by atoms with Gasteiger partial charge >= 0.3 is 5.97 Å². The number of aryl methyl sites for hydroxylation is 1. The van der Waals surface area contributed by atoms with E-state index in [0.29, 0.717) is 17.8 Å². The molecule has 1 heterocycles. The monoisotopic (exact) mass is 331 g/mol. The van der Waals surface area contributed by atoms with Gasteiger partial charge in [-0.05, 0) is 36.2 Å². The number of carboxylic acids is 1. The van der Waals surface area contributed by atoms with Gasteiger partial charge in [0.15, 0.2) is 0 Å². The lowest BCUT2D eigenvalue weighted by molar-refractivity contribution is 0.0696. The van der Waals surface area contributed by atoms with Crippen LogP contribution in [0, 0.1) is 6.92 Å². The van der Waals surface area contributed by atoms with E-state index in [9.17, 15) is 18.3 Å². The average molecular weight is 331 g/mol. The molecule has 23 heavy (non-hydrogen) atoms. The van der Waals surface area contributed by atoms with Crippen LogP contribution in [0.4, 0.5) is 5.69 Å². The Kier molecular flexibility index (Phi) is 3.64. The first-order chi connectivity index (χ1) is 10.8. The molecule has 0 aliphatic carbocycles.